The largest absolute Gasteiger partial charge is 0.469 e. The molecular formula is C20H24N2O2. The summed E-state index contributed by atoms with van der Waals surface area (Å²) in [7, 11) is 0. The van der Waals surface area contributed by atoms with Gasteiger partial charge in [-0.05, 0) is 55.5 Å². The van der Waals surface area contributed by atoms with Crippen LogP contribution >= 0.6 is 0 Å². The van der Waals surface area contributed by atoms with Crippen LogP contribution in [-0.2, 0) is 17.6 Å². The van der Waals surface area contributed by atoms with Crippen molar-refractivity contribution >= 4 is 17.3 Å². The molecule has 1 saturated heterocycles. The Hall–Kier alpha value is -2.23. The van der Waals surface area contributed by atoms with Crippen LogP contribution in [0.25, 0.3) is 0 Å². The van der Waals surface area contributed by atoms with E-state index in [1.165, 1.54) is 24.1 Å². The Bertz CT molecular complexity index is 702. The average molecular weight is 324 g/mol. The van der Waals surface area contributed by atoms with Crippen molar-refractivity contribution in [2.45, 2.75) is 38.5 Å². The molecule has 4 nitrogen and oxygen atoms in total. The van der Waals surface area contributed by atoms with Crippen molar-refractivity contribution < 1.29 is 9.21 Å². The molecule has 0 aliphatic carbocycles. The summed E-state index contributed by atoms with van der Waals surface area (Å²) in [5.41, 5.74) is 3.68. The number of amides is 1. The van der Waals surface area contributed by atoms with Crippen LogP contribution in [0, 0.1) is 0 Å². The molecule has 0 radical (unpaired) electrons. The summed E-state index contributed by atoms with van der Waals surface area (Å²) in [5.74, 6) is 1.08. The number of carbonyl (C=O) groups excluding carboxylic acids is 1. The molecule has 126 valence electrons. The monoisotopic (exact) mass is 324 g/mol. The number of benzene rings is 1. The molecule has 2 aromatic rings. The summed E-state index contributed by atoms with van der Waals surface area (Å²) < 4.78 is 5.35. The number of rotatable bonds is 4. The molecule has 4 rings (SSSR count). The van der Waals surface area contributed by atoms with Gasteiger partial charge in [-0.3, -0.25) is 4.79 Å². The lowest BCUT2D eigenvalue weighted by atomic mass is 10.00. The fourth-order valence-electron chi connectivity index (χ4n) is 3.81. The summed E-state index contributed by atoms with van der Waals surface area (Å²) in [6.45, 7) is 3.09. The molecule has 2 aliphatic rings. The number of hydrogen-bond acceptors (Lipinski definition) is 3. The maximum atomic E-state index is 12.8. The van der Waals surface area contributed by atoms with Crippen LogP contribution in [0.2, 0.25) is 0 Å². The fraction of sp³-hybridized carbons (Fsp3) is 0.450. The summed E-state index contributed by atoms with van der Waals surface area (Å²) in [6, 6.07) is 10.5. The van der Waals surface area contributed by atoms with E-state index in [4.69, 9.17) is 4.42 Å². The Balaban J connectivity index is 1.52. The third-order valence-electron chi connectivity index (χ3n) is 5.13. The minimum Gasteiger partial charge on any atom is -0.469 e. The lowest BCUT2D eigenvalue weighted by Gasteiger charge is -2.31. The molecule has 1 aromatic heterocycles. The summed E-state index contributed by atoms with van der Waals surface area (Å²) >= 11 is 0. The highest BCUT2D eigenvalue weighted by Crippen LogP contribution is 2.33. The summed E-state index contributed by atoms with van der Waals surface area (Å²) in [6.07, 6.45) is 7.48. The summed E-state index contributed by atoms with van der Waals surface area (Å²) in [4.78, 5) is 17.2. The van der Waals surface area contributed by atoms with Crippen molar-refractivity contribution in [1.82, 2.24) is 0 Å². The molecule has 0 spiro atoms. The van der Waals surface area contributed by atoms with Crippen molar-refractivity contribution in [1.29, 1.82) is 0 Å². The van der Waals surface area contributed by atoms with Gasteiger partial charge in [0.1, 0.15) is 5.76 Å². The maximum absolute atomic E-state index is 12.8. The van der Waals surface area contributed by atoms with Gasteiger partial charge in [-0.1, -0.05) is 6.07 Å². The van der Waals surface area contributed by atoms with E-state index >= 15 is 0 Å². The van der Waals surface area contributed by atoms with E-state index in [-0.39, 0.29) is 5.91 Å². The zero-order chi connectivity index (χ0) is 16.4. The van der Waals surface area contributed by atoms with Crippen molar-refractivity contribution in [3.8, 4) is 0 Å². The first-order chi connectivity index (χ1) is 11.8. The van der Waals surface area contributed by atoms with E-state index in [1.807, 2.05) is 17.0 Å². The smallest absolute Gasteiger partial charge is 0.227 e. The van der Waals surface area contributed by atoms with Crippen LogP contribution in [0.5, 0.6) is 0 Å². The van der Waals surface area contributed by atoms with Crippen molar-refractivity contribution in [3.63, 3.8) is 0 Å². The van der Waals surface area contributed by atoms with Crippen LogP contribution in [0.15, 0.2) is 41.0 Å². The van der Waals surface area contributed by atoms with Crippen LogP contribution in [-0.4, -0.2) is 25.5 Å². The van der Waals surface area contributed by atoms with Gasteiger partial charge in [0.15, 0.2) is 0 Å². The van der Waals surface area contributed by atoms with E-state index in [1.54, 1.807) is 6.26 Å². The van der Waals surface area contributed by atoms with E-state index in [2.05, 4.69) is 23.1 Å². The van der Waals surface area contributed by atoms with Gasteiger partial charge in [-0.2, -0.15) is 0 Å². The molecule has 2 aliphatic heterocycles. The molecule has 0 bridgehead atoms. The number of hydrogen-bond donors (Lipinski definition) is 0. The van der Waals surface area contributed by atoms with E-state index < -0.39 is 0 Å². The minimum absolute atomic E-state index is 0.200. The number of fused-ring (bicyclic) bond motifs is 1. The highest BCUT2D eigenvalue weighted by molar-refractivity contribution is 5.95. The molecule has 0 unspecified atom stereocenters. The third-order valence-corrected chi connectivity index (χ3v) is 5.13. The van der Waals surface area contributed by atoms with Gasteiger partial charge in [0.25, 0.3) is 0 Å². The van der Waals surface area contributed by atoms with Gasteiger partial charge in [0.05, 0.1) is 6.26 Å². The second kappa shape index (κ2) is 6.71. The Morgan fingerprint density at radius 1 is 1.08 bits per heavy atom. The fourth-order valence-corrected chi connectivity index (χ4v) is 3.81. The van der Waals surface area contributed by atoms with Crippen LogP contribution in [0.4, 0.5) is 11.4 Å². The molecule has 1 fully saturated rings. The molecular weight excluding hydrogens is 300 g/mol. The van der Waals surface area contributed by atoms with Gasteiger partial charge in [-0.25, -0.2) is 0 Å². The zero-order valence-corrected chi connectivity index (χ0v) is 14.0. The van der Waals surface area contributed by atoms with Gasteiger partial charge in [-0.15, -0.1) is 0 Å². The predicted molar refractivity (Wildman–Crippen MR) is 95.6 cm³/mol. The molecule has 1 amide bonds. The van der Waals surface area contributed by atoms with Crippen molar-refractivity contribution in [3.05, 3.63) is 47.9 Å². The topological polar surface area (TPSA) is 36.7 Å². The van der Waals surface area contributed by atoms with E-state index in [0.717, 1.165) is 43.9 Å². The van der Waals surface area contributed by atoms with Crippen LogP contribution in [0.1, 0.15) is 37.0 Å². The molecule has 4 heteroatoms. The second-order valence-electron chi connectivity index (χ2n) is 6.74. The second-order valence-corrected chi connectivity index (χ2v) is 6.74. The molecule has 24 heavy (non-hydrogen) atoms. The SMILES string of the molecule is O=C(CCc1ccco1)N1CCCc2ccc(N3CCCC3)cc21. The number of anilines is 2. The lowest BCUT2D eigenvalue weighted by Crippen LogP contribution is -2.35. The number of aryl methyl sites for hydroxylation is 2. The standard InChI is InChI=1S/C20H24N2O2/c23-20(10-9-18-6-4-14-24-18)22-13-3-5-16-7-8-17(15-19(16)22)21-11-1-2-12-21/h4,6-8,14-15H,1-3,5,9-13H2. The first-order valence-electron chi connectivity index (χ1n) is 9.02. The van der Waals surface area contributed by atoms with Crippen LogP contribution < -0.4 is 9.80 Å². The first-order valence-corrected chi connectivity index (χ1v) is 9.02. The van der Waals surface area contributed by atoms with Crippen molar-refractivity contribution in [2.75, 3.05) is 29.4 Å². The summed E-state index contributed by atoms with van der Waals surface area (Å²) in [5, 5.41) is 0. The molecule has 1 aromatic carbocycles. The first kappa shape index (κ1) is 15.3. The third kappa shape index (κ3) is 3.05. The molecule has 0 atom stereocenters. The predicted octanol–water partition coefficient (Wildman–Crippen LogP) is 3.79. The quantitative estimate of drug-likeness (QED) is 0.858. The number of carbonyl (C=O) groups is 1. The molecule has 0 N–H and O–H groups in total. The maximum Gasteiger partial charge on any atom is 0.227 e. The number of nitrogens with zero attached hydrogens (tertiary/aromatic N) is 2. The van der Waals surface area contributed by atoms with E-state index in [0.29, 0.717) is 12.8 Å². The zero-order valence-electron chi connectivity index (χ0n) is 14.0. The number of furan rings is 1. The highest BCUT2D eigenvalue weighted by atomic mass is 16.3. The van der Waals surface area contributed by atoms with Crippen LogP contribution in [0.3, 0.4) is 0 Å². The normalized spacial score (nSPS) is 17.2. The molecule has 0 saturated carbocycles. The van der Waals surface area contributed by atoms with Gasteiger partial charge < -0.3 is 14.2 Å². The Morgan fingerprint density at radius 3 is 2.75 bits per heavy atom. The Labute approximate surface area is 143 Å². The lowest BCUT2D eigenvalue weighted by molar-refractivity contribution is -0.118. The molecule has 3 heterocycles. The minimum atomic E-state index is 0.200. The van der Waals surface area contributed by atoms with Gasteiger partial charge in [0.2, 0.25) is 5.91 Å². The highest BCUT2D eigenvalue weighted by Gasteiger charge is 2.24. The Kier molecular flexibility index (Phi) is 4.28. The van der Waals surface area contributed by atoms with Gasteiger partial charge in [0, 0.05) is 43.9 Å². The Morgan fingerprint density at radius 2 is 1.96 bits per heavy atom. The van der Waals surface area contributed by atoms with Crippen molar-refractivity contribution in [2.24, 2.45) is 0 Å². The van der Waals surface area contributed by atoms with E-state index in [9.17, 15) is 4.79 Å². The average Bonchev–Trinajstić information content (AvgIpc) is 3.32. The van der Waals surface area contributed by atoms with Gasteiger partial charge >= 0.3 is 0 Å².